The summed E-state index contributed by atoms with van der Waals surface area (Å²) in [5.41, 5.74) is 2.10. The number of hydrogen-bond donors (Lipinski definition) is 0. The molecule has 176 valence electrons. The van der Waals surface area contributed by atoms with Crippen molar-refractivity contribution in [2.45, 2.75) is 25.7 Å². The molecule has 0 aliphatic rings. The number of ether oxygens (including phenoxy) is 7. The predicted octanol–water partition coefficient (Wildman–Crippen LogP) is 3.74. The highest BCUT2D eigenvalue weighted by atomic mass is 16.7. The Bertz CT molecular complexity index is 791. The third-order valence-electron chi connectivity index (χ3n) is 4.43. The molecule has 0 aliphatic heterocycles. The molecule has 32 heavy (non-hydrogen) atoms. The van der Waals surface area contributed by atoms with E-state index in [1.54, 1.807) is 27.4 Å². The second-order valence-electron chi connectivity index (χ2n) is 6.90. The predicted molar refractivity (Wildman–Crippen MR) is 118 cm³/mol. The van der Waals surface area contributed by atoms with Gasteiger partial charge in [0.1, 0.15) is 5.75 Å². The van der Waals surface area contributed by atoms with Crippen LogP contribution in [-0.2, 0) is 36.6 Å². The summed E-state index contributed by atoms with van der Waals surface area (Å²) in [5.74, 6) is 1.62. The largest absolute Gasteiger partial charge is 0.468 e. The second kappa shape index (κ2) is 15.1. The smallest absolute Gasteiger partial charge is 0.306 e. The maximum Gasteiger partial charge on any atom is 0.306 e. The maximum atomic E-state index is 12.1. The lowest BCUT2D eigenvalue weighted by atomic mass is 10.1. The molecule has 2 aromatic carbocycles. The first kappa shape index (κ1) is 25.5. The number of aryl methyl sites for hydroxylation is 2. The molecule has 0 saturated carbocycles. The first-order valence-electron chi connectivity index (χ1n) is 10.4. The summed E-state index contributed by atoms with van der Waals surface area (Å²) in [7, 11) is 4.67. The van der Waals surface area contributed by atoms with Crippen LogP contribution >= 0.6 is 0 Å². The van der Waals surface area contributed by atoms with E-state index in [1.807, 2.05) is 36.4 Å². The summed E-state index contributed by atoms with van der Waals surface area (Å²) in [6, 6.07) is 13.3. The van der Waals surface area contributed by atoms with Gasteiger partial charge in [0, 0.05) is 27.8 Å². The first-order valence-corrected chi connectivity index (χ1v) is 10.4. The van der Waals surface area contributed by atoms with Crippen molar-refractivity contribution < 1.29 is 38.0 Å². The van der Waals surface area contributed by atoms with Crippen LogP contribution in [0.2, 0.25) is 0 Å². The molecule has 0 radical (unpaired) electrons. The summed E-state index contributed by atoms with van der Waals surface area (Å²) in [4.78, 5) is 12.1. The zero-order chi connectivity index (χ0) is 23.0. The first-order chi connectivity index (χ1) is 15.7. The summed E-state index contributed by atoms with van der Waals surface area (Å²) >= 11 is 0. The lowest BCUT2D eigenvalue weighted by Crippen LogP contribution is -2.08. The van der Waals surface area contributed by atoms with Crippen LogP contribution in [0.5, 0.6) is 17.2 Å². The number of hydrogen-bond acceptors (Lipinski definition) is 8. The number of esters is 1. The Kier molecular flexibility index (Phi) is 12.0. The van der Waals surface area contributed by atoms with Crippen LogP contribution in [0.1, 0.15) is 24.0 Å². The van der Waals surface area contributed by atoms with Gasteiger partial charge in [0.2, 0.25) is 0 Å². The van der Waals surface area contributed by atoms with Crippen LogP contribution in [0.25, 0.3) is 0 Å². The third kappa shape index (κ3) is 9.55. The van der Waals surface area contributed by atoms with Crippen molar-refractivity contribution in [3.05, 3.63) is 53.6 Å². The monoisotopic (exact) mass is 448 g/mol. The van der Waals surface area contributed by atoms with Gasteiger partial charge in [0.15, 0.2) is 31.9 Å². The highest BCUT2D eigenvalue weighted by Crippen LogP contribution is 2.29. The molecular formula is C24H32O8. The molecule has 0 heterocycles. The van der Waals surface area contributed by atoms with Crippen LogP contribution in [-0.4, -0.2) is 54.3 Å². The third-order valence-corrected chi connectivity index (χ3v) is 4.43. The van der Waals surface area contributed by atoms with E-state index >= 15 is 0 Å². The molecular weight excluding hydrogens is 416 g/mol. The SMILES string of the molecule is COCOc1ccc(CCCOC(=O)CCc2ccc(OCOC)c(OCOC)c2)cc1. The van der Waals surface area contributed by atoms with E-state index in [4.69, 9.17) is 33.2 Å². The lowest BCUT2D eigenvalue weighted by Gasteiger charge is -2.13. The Morgan fingerprint density at radius 1 is 0.719 bits per heavy atom. The van der Waals surface area contributed by atoms with Crippen molar-refractivity contribution in [1.82, 2.24) is 0 Å². The summed E-state index contributed by atoms with van der Waals surface area (Å²) in [6.45, 7) is 0.813. The van der Waals surface area contributed by atoms with Crippen molar-refractivity contribution in [1.29, 1.82) is 0 Å². The van der Waals surface area contributed by atoms with Crippen molar-refractivity contribution in [2.75, 3.05) is 48.3 Å². The average molecular weight is 449 g/mol. The molecule has 2 rings (SSSR count). The Hall–Kier alpha value is -2.81. The van der Waals surface area contributed by atoms with Gasteiger partial charge in [-0.25, -0.2) is 0 Å². The normalized spacial score (nSPS) is 10.6. The highest BCUT2D eigenvalue weighted by Gasteiger charge is 2.10. The molecule has 0 aromatic heterocycles. The van der Waals surface area contributed by atoms with E-state index in [-0.39, 0.29) is 32.8 Å². The van der Waals surface area contributed by atoms with Gasteiger partial charge in [-0.3, -0.25) is 4.79 Å². The van der Waals surface area contributed by atoms with Gasteiger partial charge >= 0.3 is 5.97 Å². The molecule has 0 N–H and O–H groups in total. The molecule has 0 spiro atoms. The van der Waals surface area contributed by atoms with E-state index < -0.39 is 0 Å². The van der Waals surface area contributed by atoms with Crippen molar-refractivity contribution in [2.24, 2.45) is 0 Å². The molecule has 0 amide bonds. The van der Waals surface area contributed by atoms with E-state index in [0.717, 1.165) is 29.7 Å². The number of rotatable bonds is 16. The molecule has 8 nitrogen and oxygen atoms in total. The molecule has 0 atom stereocenters. The standard InChI is InChI=1S/C24H32O8/c1-26-16-30-21-10-6-19(7-11-21)5-4-14-29-24(25)13-9-20-8-12-22(31-17-27-2)23(15-20)32-18-28-3/h6-8,10-12,15H,4-5,9,13-14,16-18H2,1-3H3. The minimum absolute atomic E-state index is 0.0950. The zero-order valence-electron chi connectivity index (χ0n) is 19.0. The Labute approximate surface area is 189 Å². The van der Waals surface area contributed by atoms with E-state index in [2.05, 4.69) is 0 Å². The molecule has 8 heteroatoms. The summed E-state index contributed by atoms with van der Waals surface area (Å²) in [5, 5.41) is 0. The fourth-order valence-corrected chi connectivity index (χ4v) is 2.85. The fourth-order valence-electron chi connectivity index (χ4n) is 2.85. The van der Waals surface area contributed by atoms with Gasteiger partial charge in [-0.1, -0.05) is 18.2 Å². The number of carbonyl (C=O) groups excluding carboxylic acids is 1. The van der Waals surface area contributed by atoms with Gasteiger partial charge in [-0.2, -0.15) is 0 Å². The minimum atomic E-state index is -0.229. The Balaban J connectivity index is 1.71. The van der Waals surface area contributed by atoms with Gasteiger partial charge in [-0.05, 0) is 54.7 Å². The van der Waals surface area contributed by atoms with Crippen molar-refractivity contribution in [3.63, 3.8) is 0 Å². The van der Waals surface area contributed by atoms with Crippen molar-refractivity contribution >= 4 is 5.97 Å². The topological polar surface area (TPSA) is 81.7 Å². The Morgan fingerprint density at radius 2 is 1.34 bits per heavy atom. The maximum absolute atomic E-state index is 12.1. The van der Waals surface area contributed by atoms with Crippen LogP contribution in [0.3, 0.4) is 0 Å². The molecule has 2 aromatic rings. The second-order valence-corrected chi connectivity index (χ2v) is 6.90. The average Bonchev–Trinajstić information content (AvgIpc) is 2.82. The zero-order valence-corrected chi connectivity index (χ0v) is 19.0. The lowest BCUT2D eigenvalue weighted by molar-refractivity contribution is -0.143. The molecule has 0 saturated heterocycles. The van der Waals surface area contributed by atoms with Gasteiger partial charge in [0.05, 0.1) is 6.61 Å². The Morgan fingerprint density at radius 3 is 2.03 bits per heavy atom. The molecule has 0 bridgehead atoms. The van der Waals surface area contributed by atoms with E-state index in [9.17, 15) is 4.79 Å². The quantitative estimate of drug-likeness (QED) is 0.218. The summed E-state index contributed by atoms with van der Waals surface area (Å²) < 4.78 is 36.5. The van der Waals surface area contributed by atoms with Crippen LogP contribution in [0, 0.1) is 0 Å². The van der Waals surface area contributed by atoms with Gasteiger partial charge in [0.25, 0.3) is 0 Å². The van der Waals surface area contributed by atoms with E-state index in [1.165, 1.54) is 0 Å². The van der Waals surface area contributed by atoms with Gasteiger partial charge < -0.3 is 33.2 Å². The number of carbonyl (C=O) groups is 1. The summed E-state index contributed by atoms with van der Waals surface area (Å²) in [6.07, 6.45) is 2.40. The molecule has 0 aliphatic carbocycles. The number of benzene rings is 2. The van der Waals surface area contributed by atoms with Crippen LogP contribution in [0.15, 0.2) is 42.5 Å². The van der Waals surface area contributed by atoms with Crippen LogP contribution < -0.4 is 14.2 Å². The minimum Gasteiger partial charge on any atom is -0.468 e. The van der Waals surface area contributed by atoms with Gasteiger partial charge in [-0.15, -0.1) is 0 Å². The van der Waals surface area contributed by atoms with E-state index in [0.29, 0.717) is 24.5 Å². The molecule has 0 unspecified atom stereocenters. The van der Waals surface area contributed by atoms with Crippen LogP contribution in [0.4, 0.5) is 0 Å². The highest BCUT2D eigenvalue weighted by molar-refractivity contribution is 5.69. The van der Waals surface area contributed by atoms with Crippen molar-refractivity contribution in [3.8, 4) is 17.2 Å². The molecule has 0 fully saturated rings. The number of methoxy groups -OCH3 is 3. The fraction of sp³-hybridized carbons (Fsp3) is 0.458.